The van der Waals surface area contributed by atoms with E-state index < -0.39 is 0 Å². The van der Waals surface area contributed by atoms with Crippen molar-refractivity contribution in [3.63, 3.8) is 0 Å². The number of hydrogen-bond acceptors (Lipinski definition) is 1. The minimum Gasteiger partial charge on any atom is -0.376 e. The molecule has 0 bridgehead atoms. The Bertz CT molecular complexity index is 230. The summed E-state index contributed by atoms with van der Waals surface area (Å²) in [7, 11) is 0. The summed E-state index contributed by atoms with van der Waals surface area (Å²) in [5.41, 5.74) is 1.44. The number of halogens is 1. The predicted molar refractivity (Wildman–Crippen MR) is 48.6 cm³/mol. The van der Waals surface area contributed by atoms with Gasteiger partial charge < -0.3 is 4.74 Å². The Hall–Kier alpha value is -0.0800. The summed E-state index contributed by atoms with van der Waals surface area (Å²) in [4.78, 5) is 0. The minimum atomic E-state index is 0.544. The highest BCUT2D eigenvalue weighted by molar-refractivity contribution is 9.11. The molecule has 0 N–H and O–H groups in total. The molecular formula is C9H11BrO. The maximum Gasteiger partial charge on any atom is 0.0694 e. The van der Waals surface area contributed by atoms with E-state index in [2.05, 4.69) is 35.0 Å². The number of allylic oxidation sites excluding steroid dienone is 2. The van der Waals surface area contributed by atoms with Crippen LogP contribution in [0.3, 0.4) is 0 Å². The average Bonchev–Trinajstić information content (AvgIpc) is 2.45. The fourth-order valence-electron chi connectivity index (χ4n) is 1.60. The van der Waals surface area contributed by atoms with Crippen LogP contribution in [0.1, 0.15) is 6.92 Å². The second-order valence-electron chi connectivity index (χ2n) is 3.17. The van der Waals surface area contributed by atoms with Crippen molar-refractivity contribution in [3.05, 3.63) is 22.2 Å². The summed E-state index contributed by atoms with van der Waals surface area (Å²) >= 11 is 3.61. The summed E-state index contributed by atoms with van der Waals surface area (Å²) in [5, 5.41) is 0. The molecule has 0 aromatic heterocycles. The first-order chi connectivity index (χ1) is 5.29. The number of ether oxygens (including phenoxy) is 1. The third-order valence-electron chi connectivity index (χ3n) is 2.34. The van der Waals surface area contributed by atoms with Gasteiger partial charge in [-0.25, -0.2) is 0 Å². The normalized spacial score (nSPS) is 36.2. The molecule has 0 radical (unpaired) electrons. The van der Waals surface area contributed by atoms with Gasteiger partial charge in [0.05, 0.1) is 13.2 Å². The molecule has 1 fully saturated rings. The van der Waals surface area contributed by atoms with E-state index in [0.717, 1.165) is 13.2 Å². The summed E-state index contributed by atoms with van der Waals surface area (Å²) in [6.07, 6.45) is 4.50. The van der Waals surface area contributed by atoms with E-state index >= 15 is 0 Å². The zero-order chi connectivity index (χ0) is 7.84. The van der Waals surface area contributed by atoms with Gasteiger partial charge in [0.15, 0.2) is 0 Å². The van der Waals surface area contributed by atoms with Crippen molar-refractivity contribution >= 4 is 15.9 Å². The average molecular weight is 215 g/mol. The fourth-order valence-corrected chi connectivity index (χ4v) is 2.16. The van der Waals surface area contributed by atoms with Gasteiger partial charge in [0.1, 0.15) is 0 Å². The molecule has 1 aliphatic carbocycles. The van der Waals surface area contributed by atoms with E-state index in [9.17, 15) is 0 Å². The van der Waals surface area contributed by atoms with Crippen molar-refractivity contribution in [3.8, 4) is 0 Å². The van der Waals surface area contributed by atoms with E-state index in [-0.39, 0.29) is 0 Å². The Morgan fingerprint density at radius 2 is 2.36 bits per heavy atom. The van der Waals surface area contributed by atoms with Gasteiger partial charge in [-0.1, -0.05) is 35.0 Å². The SMILES string of the molecule is CC1C=CC2COCC2=C1Br. The smallest absolute Gasteiger partial charge is 0.0694 e. The van der Waals surface area contributed by atoms with Crippen LogP contribution in [0.15, 0.2) is 22.2 Å². The number of hydrogen-bond donors (Lipinski definition) is 0. The largest absolute Gasteiger partial charge is 0.376 e. The third kappa shape index (κ3) is 1.18. The van der Waals surface area contributed by atoms with Crippen molar-refractivity contribution in [2.75, 3.05) is 13.2 Å². The van der Waals surface area contributed by atoms with Gasteiger partial charge in [0.2, 0.25) is 0 Å². The summed E-state index contributed by atoms with van der Waals surface area (Å²) in [6.45, 7) is 3.88. The molecule has 2 rings (SSSR count). The second-order valence-corrected chi connectivity index (χ2v) is 4.02. The first-order valence-corrected chi connectivity index (χ1v) is 4.73. The Balaban J connectivity index is 2.33. The van der Waals surface area contributed by atoms with Gasteiger partial charge in [-0.15, -0.1) is 0 Å². The van der Waals surface area contributed by atoms with Crippen LogP contribution >= 0.6 is 15.9 Å². The lowest BCUT2D eigenvalue weighted by atomic mass is 9.92. The summed E-state index contributed by atoms with van der Waals surface area (Å²) < 4.78 is 6.71. The Labute approximate surface area is 75.2 Å². The van der Waals surface area contributed by atoms with Crippen LogP contribution in [-0.4, -0.2) is 13.2 Å². The molecule has 0 amide bonds. The highest BCUT2D eigenvalue weighted by Crippen LogP contribution is 2.36. The van der Waals surface area contributed by atoms with Crippen LogP contribution in [0.5, 0.6) is 0 Å². The van der Waals surface area contributed by atoms with Gasteiger partial charge >= 0.3 is 0 Å². The predicted octanol–water partition coefficient (Wildman–Crippen LogP) is 2.49. The molecule has 2 unspecified atom stereocenters. The maximum atomic E-state index is 5.37. The van der Waals surface area contributed by atoms with Crippen LogP contribution in [-0.2, 0) is 4.74 Å². The van der Waals surface area contributed by atoms with Crippen molar-refractivity contribution in [1.82, 2.24) is 0 Å². The molecule has 2 aliphatic rings. The highest BCUT2D eigenvalue weighted by Gasteiger charge is 2.26. The van der Waals surface area contributed by atoms with Crippen LogP contribution < -0.4 is 0 Å². The van der Waals surface area contributed by atoms with Gasteiger partial charge in [0.25, 0.3) is 0 Å². The molecule has 11 heavy (non-hydrogen) atoms. The molecular weight excluding hydrogens is 204 g/mol. The zero-order valence-electron chi connectivity index (χ0n) is 6.51. The molecule has 2 atom stereocenters. The quantitative estimate of drug-likeness (QED) is 0.564. The molecule has 1 aliphatic heterocycles. The lowest BCUT2D eigenvalue weighted by Crippen LogP contribution is -2.08. The van der Waals surface area contributed by atoms with Crippen LogP contribution in [0.2, 0.25) is 0 Å². The van der Waals surface area contributed by atoms with E-state index in [1.807, 2.05) is 0 Å². The molecule has 1 saturated heterocycles. The maximum absolute atomic E-state index is 5.37. The molecule has 1 nitrogen and oxygen atoms in total. The topological polar surface area (TPSA) is 9.23 Å². The first-order valence-electron chi connectivity index (χ1n) is 3.93. The molecule has 0 aromatic carbocycles. The molecule has 0 aromatic rings. The van der Waals surface area contributed by atoms with Crippen molar-refractivity contribution in [1.29, 1.82) is 0 Å². The number of rotatable bonds is 0. The van der Waals surface area contributed by atoms with E-state index in [1.54, 1.807) is 0 Å². The van der Waals surface area contributed by atoms with Gasteiger partial charge in [-0.2, -0.15) is 0 Å². The zero-order valence-corrected chi connectivity index (χ0v) is 8.10. The Morgan fingerprint density at radius 3 is 3.18 bits per heavy atom. The Kier molecular flexibility index (Phi) is 1.90. The van der Waals surface area contributed by atoms with Crippen LogP contribution in [0.25, 0.3) is 0 Å². The second kappa shape index (κ2) is 2.76. The van der Waals surface area contributed by atoms with E-state index in [1.165, 1.54) is 10.1 Å². The van der Waals surface area contributed by atoms with Crippen LogP contribution in [0.4, 0.5) is 0 Å². The highest BCUT2D eigenvalue weighted by atomic mass is 79.9. The van der Waals surface area contributed by atoms with E-state index in [0.29, 0.717) is 11.8 Å². The third-order valence-corrected chi connectivity index (χ3v) is 3.57. The monoisotopic (exact) mass is 214 g/mol. The minimum absolute atomic E-state index is 0.544. The molecule has 0 spiro atoms. The number of fused-ring (bicyclic) bond motifs is 1. The lowest BCUT2D eigenvalue weighted by Gasteiger charge is -2.17. The van der Waals surface area contributed by atoms with E-state index in [4.69, 9.17) is 4.74 Å². The summed E-state index contributed by atoms with van der Waals surface area (Å²) in [6, 6.07) is 0. The van der Waals surface area contributed by atoms with Crippen molar-refractivity contribution in [2.45, 2.75) is 6.92 Å². The molecule has 60 valence electrons. The summed E-state index contributed by atoms with van der Waals surface area (Å²) in [5.74, 6) is 1.10. The Morgan fingerprint density at radius 1 is 1.55 bits per heavy atom. The van der Waals surface area contributed by atoms with Gasteiger partial charge in [-0.3, -0.25) is 0 Å². The van der Waals surface area contributed by atoms with Gasteiger partial charge in [-0.05, 0) is 5.57 Å². The van der Waals surface area contributed by atoms with Crippen molar-refractivity contribution < 1.29 is 4.74 Å². The van der Waals surface area contributed by atoms with Crippen LogP contribution in [0, 0.1) is 11.8 Å². The first kappa shape index (κ1) is 7.56. The molecule has 0 saturated carbocycles. The standard InChI is InChI=1S/C9H11BrO/c1-6-2-3-7-4-11-5-8(7)9(6)10/h2-3,6-7H,4-5H2,1H3. The molecule has 2 heteroatoms. The fraction of sp³-hybridized carbons (Fsp3) is 0.556. The van der Waals surface area contributed by atoms with Crippen molar-refractivity contribution in [2.24, 2.45) is 11.8 Å². The van der Waals surface area contributed by atoms with Gasteiger partial charge in [0, 0.05) is 16.3 Å². The molecule has 1 heterocycles. The lowest BCUT2D eigenvalue weighted by molar-refractivity contribution is 0.195.